The molecule has 1 aromatic rings. The van der Waals surface area contributed by atoms with Crippen LogP contribution < -0.4 is 10.1 Å². The van der Waals surface area contributed by atoms with Crippen LogP contribution in [0.5, 0.6) is 5.75 Å². The molecule has 0 radical (unpaired) electrons. The van der Waals surface area contributed by atoms with Gasteiger partial charge in [0.15, 0.2) is 0 Å². The van der Waals surface area contributed by atoms with Gasteiger partial charge in [-0.3, -0.25) is 4.79 Å². The van der Waals surface area contributed by atoms with Crippen molar-refractivity contribution in [3.8, 4) is 5.75 Å². The van der Waals surface area contributed by atoms with Crippen LogP contribution in [0.25, 0.3) is 0 Å². The first-order valence-corrected chi connectivity index (χ1v) is 7.31. The number of ether oxygens (including phenoxy) is 3. The molecule has 1 saturated heterocycles. The van der Waals surface area contributed by atoms with Crippen LogP contribution in [0.4, 0.5) is 0 Å². The van der Waals surface area contributed by atoms with Gasteiger partial charge in [0.2, 0.25) is 0 Å². The van der Waals surface area contributed by atoms with Crippen molar-refractivity contribution in [2.45, 2.75) is 25.5 Å². The lowest BCUT2D eigenvalue weighted by atomic mass is 10.2. The number of amides is 1. The maximum atomic E-state index is 12.1. The van der Waals surface area contributed by atoms with Crippen LogP contribution in [0.1, 0.15) is 23.7 Å². The van der Waals surface area contributed by atoms with E-state index in [1.165, 1.54) is 7.11 Å². The molecular weight excluding hydrogens is 294 g/mol. The largest absolute Gasteiger partial charge is 0.495 e. The summed E-state index contributed by atoms with van der Waals surface area (Å²) in [6.07, 6.45) is 1.05. The molecule has 1 N–H and O–H groups in total. The van der Waals surface area contributed by atoms with E-state index in [0.717, 1.165) is 13.0 Å². The van der Waals surface area contributed by atoms with Crippen molar-refractivity contribution in [1.82, 2.24) is 5.32 Å². The molecule has 0 aliphatic carbocycles. The highest BCUT2D eigenvalue weighted by atomic mass is 35.5. The number of carbonyl (C=O) groups excluding carboxylic acids is 1. The molecule has 1 aliphatic rings. The summed E-state index contributed by atoms with van der Waals surface area (Å²) in [5.41, 5.74) is 0.507. The predicted octanol–water partition coefficient (Wildman–Crippen LogP) is 2.27. The molecule has 1 amide bonds. The van der Waals surface area contributed by atoms with E-state index in [0.29, 0.717) is 29.5 Å². The van der Waals surface area contributed by atoms with Crippen LogP contribution in [0.3, 0.4) is 0 Å². The maximum absolute atomic E-state index is 12.1. The Labute approximate surface area is 129 Å². The lowest BCUT2D eigenvalue weighted by Crippen LogP contribution is -2.37. The van der Waals surface area contributed by atoms with Crippen molar-refractivity contribution >= 4 is 17.5 Å². The van der Waals surface area contributed by atoms with E-state index in [9.17, 15) is 4.79 Å². The van der Waals surface area contributed by atoms with Crippen molar-refractivity contribution in [2.75, 3.05) is 26.9 Å². The molecule has 21 heavy (non-hydrogen) atoms. The minimum absolute atomic E-state index is 0.0835. The van der Waals surface area contributed by atoms with Gasteiger partial charge in [-0.15, -0.1) is 0 Å². The maximum Gasteiger partial charge on any atom is 0.251 e. The van der Waals surface area contributed by atoms with Crippen LogP contribution in [0, 0.1) is 0 Å². The number of methoxy groups -OCH3 is 1. The molecule has 6 heteroatoms. The molecule has 1 fully saturated rings. The van der Waals surface area contributed by atoms with E-state index < -0.39 is 0 Å². The topological polar surface area (TPSA) is 56.8 Å². The third kappa shape index (κ3) is 4.59. The number of carbonyl (C=O) groups is 1. The predicted molar refractivity (Wildman–Crippen MR) is 80.1 cm³/mol. The molecule has 0 aromatic heterocycles. The fraction of sp³-hybridized carbons (Fsp3) is 0.533. The fourth-order valence-electron chi connectivity index (χ4n) is 2.07. The highest BCUT2D eigenvalue weighted by Crippen LogP contribution is 2.24. The van der Waals surface area contributed by atoms with Gasteiger partial charge >= 0.3 is 0 Å². The van der Waals surface area contributed by atoms with Gasteiger partial charge in [-0.2, -0.15) is 0 Å². The molecule has 2 rings (SSSR count). The molecule has 0 saturated carbocycles. The van der Waals surface area contributed by atoms with Gasteiger partial charge in [-0.05, 0) is 31.5 Å². The normalized spacial score (nSPS) is 19.3. The van der Waals surface area contributed by atoms with Crippen LogP contribution >= 0.6 is 11.6 Å². The molecule has 0 bridgehead atoms. The minimum atomic E-state index is -0.177. The number of rotatable bonds is 6. The second-order valence-corrected chi connectivity index (χ2v) is 5.45. The second kappa shape index (κ2) is 7.64. The van der Waals surface area contributed by atoms with E-state index in [-0.39, 0.29) is 18.1 Å². The Morgan fingerprint density at radius 2 is 2.38 bits per heavy atom. The Kier molecular flexibility index (Phi) is 5.85. The lowest BCUT2D eigenvalue weighted by Gasteiger charge is -2.17. The van der Waals surface area contributed by atoms with Gasteiger partial charge in [-0.25, -0.2) is 0 Å². The molecule has 2 atom stereocenters. The summed E-state index contributed by atoms with van der Waals surface area (Å²) in [5, 5.41) is 3.37. The van der Waals surface area contributed by atoms with Crippen LogP contribution in [0.2, 0.25) is 5.02 Å². The highest BCUT2D eigenvalue weighted by molar-refractivity contribution is 6.32. The Balaban J connectivity index is 1.85. The third-order valence-corrected chi connectivity index (χ3v) is 3.57. The second-order valence-electron chi connectivity index (χ2n) is 5.04. The van der Waals surface area contributed by atoms with Gasteiger partial charge in [0.05, 0.1) is 31.5 Å². The van der Waals surface area contributed by atoms with Crippen molar-refractivity contribution in [3.05, 3.63) is 28.8 Å². The van der Waals surface area contributed by atoms with E-state index in [1.54, 1.807) is 18.2 Å². The van der Waals surface area contributed by atoms with Crippen LogP contribution in [0.15, 0.2) is 18.2 Å². The minimum Gasteiger partial charge on any atom is -0.495 e. The highest BCUT2D eigenvalue weighted by Gasteiger charge is 2.18. The van der Waals surface area contributed by atoms with Gasteiger partial charge in [0.25, 0.3) is 5.91 Å². The molecule has 0 unspecified atom stereocenters. The standard InChI is InChI=1S/C15H20ClNO4/c1-10(8-21-12-5-6-20-9-12)17-15(18)11-3-4-13(16)14(7-11)19-2/h3-4,7,10,12H,5-6,8-9H2,1-2H3,(H,17,18)/t10-,12-/m1/s1. The molecule has 1 aliphatic heterocycles. The summed E-state index contributed by atoms with van der Waals surface area (Å²) in [4.78, 5) is 12.1. The van der Waals surface area contributed by atoms with Crippen LogP contribution in [-0.2, 0) is 9.47 Å². The SMILES string of the molecule is COc1cc(C(=O)N[C@H](C)CO[C@@H]2CCOC2)ccc1Cl. The molecular formula is C15H20ClNO4. The number of hydrogen-bond donors (Lipinski definition) is 1. The van der Waals surface area contributed by atoms with E-state index >= 15 is 0 Å². The number of hydrogen-bond acceptors (Lipinski definition) is 4. The smallest absolute Gasteiger partial charge is 0.251 e. The number of halogens is 1. The molecule has 1 heterocycles. The van der Waals surface area contributed by atoms with Gasteiger partial charge < -0.3 is 19.5 Å². The van der Waals surface area contributed by atoms with Crippen molar-refractivity contribution < 1.29 is 19.0 Å². The average molecular weight is 314 g/mol. The van der Waals surface area contributed by atoms with Crippen molar-refractivity contribution in [3.63, 3.8) is 0 Å². The van der Waals surface area contributed by atoms with Gasteiger partial charge in [-0.1, -0.05) is 11.6 Å². The molecule has 0 spiro atoms. The number of nitrogens with one attached hydrogen (secondary N) is 1. The fourth-order valence-corrected chi connectivity index (χ4v) is 2.27. The quantitative estimate of drug-likeness (QED) is 0.875. The monoisotopic (exact) mass is 313 g/mol. The molecule has 5 nitrogen and oxygen atoms in total. The first-order chi connectivity index (χ1) is 10.1. The van der Waals surface area contributed by atoms with E-state index in [4.69, 9.17) is 25.8 Å². The Bertz CT molecular complexity index is 489. The first-order valence-electron chi connectivity index (χ1n) is 6.94. The zero-order valence-corrected chi connectivity index (χ0v) is 13.0. The number of benzene rings is 1. The summed E-state index contributed by atoms with van der Waals surface area (Å²) < 4.78 is 16.0. The zero-order chi connectivity index (χ0) is 15.2. The van der Waals surface area contributed by atoms with Crippen molar-refractivity contribution in [1.29, 1.82) is 0 Å². The summed E-state index contributed by atoms with van der Waals surface area (Å²) in [5.74, 6) is 0.306. The van der Waals surface area contributed by atoms with Crippen LogP contribution in [-0.4, -0.2) is 45.0 Å². The Hall–Kier alpha value is -1.30. The summed E-state index contributed by atoms with van der Waals surface area (Å²) >= 11 is 5.94. The zero-order valence-electron chi connectivity index (χ0n) is 12.2. The van der Waals surface area contributed by atoms with E-state index in [1.807, 2.05) is 6.92 Å². The summed E-state index contributed by atoms with van der Waals surface area (Å²) in [6, 6.07) is 4.85. The summed E-state index contributed by atoms with van der Waals surface area (Å²) in [6.45, 7) is 3.75. The molecule has 1 aromatic carbocycles. The van der Waals surface area contributed by atoms with Gasteiger partial charge in [0.1, 0.15) is 5.75 Å². The molecule has 116 valence electrons. The Morgan fingerprint density at radius 1 is 1.57 bits per heavy atom. The Morgan fingerprint density at radius 3 is 3.05 bits per heavy atom. The lowest BCUT2D eigenvalue weighted by molar-refractivity contribution is 0.0318. The summed E-state index contributed by atoms with van der Waals surface area (Å²) in [7, 11) is 1.52. The van der Waals surface area contributed by atoms with Gasteiger partial charge in [0, 0.05) is 18.2 Å². The van der Waals surface area contributed by atoms with E-state index in [2.05, 4.69) is 5.32 Å². The third-order valence-electron chi connectivity index (χ3n) is 3.26. The average Bonchev–Trinajstić information content (AvgIpc) is 2.99. The first kappa shape index (κ1) is 16.1. The van der Waals surface area contributed by atoms with Crippen molar-refractivity contribution in [2.24, 2.45) is 0 Å².